The molecule has 2 rings (SSSR count). The van der Waals surface area contributed by atoms with Gasteiger partial charge in [-0.1, -0.05) is 0 Å². The Bertz CT molecular complexity index is 190. The van der Waals surface area contributed by atoms with Crippen LogP contribution in [0.2, 0.25) is 0 Å². The van der Waals surface area contributed by atoms with E-state index < -0.39 is 0 Å². The van der Waals surface area contributed by atoms with Gasteiger partial charge in [-0.2, -0.15) is 0 Å². The van der Waals surface area contributed by atoms with Crippen LogP contribution in [0.25, 0.3) is 0 Å². The number of rotatable bonds is 3. The minimum Gasteiger partial charge on any atom is -0.379 e. The molecule has 0 unspecified atom stereocenters. The summed E-state index contributed by atoms with van der Waals surface area (Å²) in [5.41, 5.74) is 0. The minimum atomic E-state index is 0.904. The Morgan fingerprint density at radius 2 is 1.86 bits per heavy atom. The highest BCUT2D eigenvalue weighted by molar-refractivity contribution is 5.60. The van der Waals surface area contributed by atoms with Crippen LogP contribution in [-0.2, 0) is 4.74 Å². The summed E-state index contributed by atoms with van der Waals surface area (Å²) in [6.45, 7) is 9.49. The van der Waals surface area contributed by atoms with Crippen LogP contribution in [0.15, 0.2) is 4.99 Å². The highest BCUT2D eigenvalue weighted by Gasteiger charge is 2.12. The normalized spacial score (nSPS) is 25.4. The smallest absolute Gasteiger partial charge is 0.0594 e. The van der Waals surface area contributed by atoms with Crippen molar-refractivity contribution >= 4 is 6.21 Å². The van der Waals surface area contributed by atoms with Gasteiger partial charge in [-0.05, 0) is 0 Å². The molecule has 0 bridgehead atoms. The van der Waals surface area contributed by atoms with Crippen molar-refractivity contribution < 1.29 is 4.74 Å². The third kappa shape index (κ3) is 3.04. The summed E-state index contributed by atoms with van der Waals surface area (Å²) in [7, 11) is 0. The third-order valence-corrected chi connectivity index (χ3v) is 2.85. The molecule has 0 aliphatic carbocycles. The minimum absolute atomic E-state index is 0.904. The van der Waals surface area contributed by atoms with Gasteiger partial charge in [0.05, 0.1) is 19.8 Å². The molecule has 2 aliphatic heterocycles. The fraction of sp³-hybridized carbons (Fsp3) is 0.900. The first-order valence-corrected chi connectivity index (χ1v) is 5.46. The third-order valence-electron chi connectivity index (χ3n) is 2.85. The van der Waals surface area contributed by atoms with Gasteiger partial charge in [0.15, 0.2) is 0 Å². The molecule has 0 aromatic carbocycles. The lowest BCUT2D eigenvalue weighted by Gasteiger charge is -2.30. The van der Waals surface area contributed by atoms with E-state index in [1.165, 1.54) is 13.1 Å². The molecule has 4 nitrogen and oxygen atoms in total. The highest BCUT2D eigenvalue weighted by Crippen LogP contribution is 1.98. The molecule has 2 heterocycles. The monoisotopic (exact) mass is 197 g/mol. The predicted octanol–water partition coefficient (Wildman–Crippen LogP) is -0.295. The first-order chi connectivity index (χ1) is 6.95. The molecule has 1 fully saturated rings. The largest absolute Gasteiger partial charge is 0.379 e. The van der Waals surface area contributed by atoms with Crippen molar-refractivity contribution in [3.8, 4) is 0 Å². The molecule has 0 spiro atoms. The highest BCUT2D eigenvalue weighted by atomic mass is 16.5. The average molecular weight is 197 g/mol. The lowest BCUT2D eigenvalue weighted by Crippen LogP contribution is -2.43. The summed E-state index contributed by atoms with van der Waals surface area (Å²) in [5, 5.41) is 0. The number of ether oxygens (including phenoxy) is 1. The molecule has 0 saturated carbocycles. The first kappa shape index (κ1) is 10.1. The van der Waals surface area contributed by atoms with Crippen LogP contribution in [0.5, 0.6) is 0 Å². The van der Waals surface area contributed by atoms with E-state index >= 15 is 0 Å². The Kier molecular flexibility index (Phi) is 3.91. The van der Waals surface area contributed by atoms with Crippen LogP contribution < -0.4 is 0 Å². The van der Waals surface area contributed by atoms with E-state index in [1.54, 1.807) is 0 Å². The van der Waals surface area contributed by atoms with Gasteiger partial charge < -0.3 is 4.74 Å². The number of hydrogen-bond acceptors (Lipinski definition) is 4. The van der Waals surface area contributed by atoms with Crippen molar-refractivity contribution in [2.75, 3.05) is 59.0 Å². The number of hydrogen-bond donors (Lipinski definition) is 0. The second kappa shape index (κ2) is 5.44. The van der Waals surface area contributed by atoms with E-state index in [-0.39, 0.29) is 0 Å². The SMILES string of the molecule is C1=NCCN(CCN2CCOCC2)C1. The molecule has 4 heteroatoms. The Hall–Kier alpha value is -0.450. The summed E-state index contributed by atoms with van der Waals surface area (Å²) >= 11 is 0. The molecule has 1 saturated heterocycles. The van der Waals surface area contributed by atoms with E-state index in [9.17, 15) is 0 Å². The number of nitrogens with zero attached hydrogens (tertiary/aromatic N) is 3. The fourth-order valence-corrected chi connectivity index (χ4v) is 1.87. The Morgan fingerprint density at radius 3 is 2.57 bits per heavy atom. The van der Waals surface area contributed by atoms with Gasteiger partial charge in [0.25, 0.3) is 0 Å². The van der Waals surface area contributed by atoms with E-state index in [2.05, 4.69) is 14.8 Å². The van der Waals surface area contributed by atoms with Crippen molar-refractivity contribution in [1.29, 1.82) is 0 Å². The van der Waals surface area contributed by atoms with Gasteiger partial charge in [-0.15, -0.1) is 0 Å². The van der Waals surface area contributed by atoms with Crippen LogP contribution in [0.1, 0.15) is 0 Å². The second-order valence-corrected chi connectivity index (χ2v) is 3.84. The Morgan fingerprint density at radius 1 is 1.07 bits per heavy atom. The Labute approximate surface area is 85.5 Å². The second-order valence-electron chi connectivity index (χ2n) is 3.84. The Balaban J connectivity index is 1.63. The predicted molar refractivity (Wildman–Crippen MR) is 57.1 cm³/mol. The van der Waals surface area contributed by atoms with Gasteiger partial charge in [0, 0.05) is 45.5 Å². The zero-order valence-electron chi connectivity index (χ0n) is 8.69. The molecule has 0 amide bonds. The van der Waals surface area contributed by atoms with Crippen LogP contribution in [-0.4, -0.2) is 75.0 Å². The van der Waals surface area contributed by atoms with Gasteiger partial charge in [0.1, 0.15) is 0 Å². The zero-order valence-corrected chi connectivity index (χ0v) is 8.69. The average Bonchev–Trinajstić information content (AvgIpc) is 2.29. The molecule has 0 aromatic rings. The summed E-state index contributed by atoms with van der Waals surface area (Å²) in [4.78, 5) is 9.16. The van der Waals surface area contributed by atoms with E-state index in [0.29, 0.717) is 0 Å². The van der Waals surface area contributed by atoms with E-state index in [4.69, 9.17) is 4.74 Å². The van der Waals surface area contributed by atoms with Crippen LogP contribution in [0.3, 0.4) is 0 Å². The fourth-order valence-electron chi connectivity index (χ4n) is 1.87. The van der Waals surface area contributed by atoms with Crippen molar-refractivity contribution in [3.05, 3.63) is 0 Å². The maximum absolute atomic E-state index is 5.32. The number of morpholine rings is 1. The maximum Gasteiger partial charge on any atom is 0.0594 e. The quantitative estimate of drug-likeness (QED) is 0.622. The van der Waals surface area contributed by atoms with Gasteiger partial charge in [0.2, 0.25) is 0 Å². The van der Waals surface area contributed by atoms with Crippen molar-refractivity contribution in [2.24, 2.45) is 4.99 Å². The van der Waals surface area contributed by atoms with Crippen LogP contribution in [0, 0.1) is 0 Å². The molecule has 0 aromatic heterocycles. The first-order valence-electron chi connectivity index (χ1n) is 5.46. The molecular formula is C10H19N3O. The molecule has 0 N–H and O–H groups in total. The van der Waals surface area contributed by atoms with E-state index in [0.717, 1.165) is 45.9 Å². The molecule has 2 aliphatic rings. The van der Waals surface area contributed by atoms with Gasteiger partial charge >= 0.3 is 0 Å². The van der Waals surface area contributed by atoms with Crippen molar-refractivity contribution in [1.82, 2.24) is 9.80 Å². The van der Waals surface area contributed by atoms with E-state index in [1.807, 2.05) is 6.21 Å². The summed E-state index contributed by atoms with van der Waals surface area (Å²) < 4.78 is 5.32. The molecular weight excluding hydrogens is 178 g/mol. The van der Waals surface area contributed by atoms with Gasteiger partial charge in [-0.3, -0.25) is 14.8 Å². The van der Waals surface area contributed by atoms with Gasteiger partial charge in [-0.25, -0.2) is 0 Å². The summed E-state index contributed by atoms with van der Waals surface area (Å²) in [6, 6.07) is 0. The maximum atomic E-state index is 5.32. The molecule has 80 valence electrons. The molecule has 0 atom stereocenters. The number of aliphatic imine (C=N–C) groups is 1. The topological polar surface area (TPSA) is 28.1 Å². The summed E-state index contributed by atoms with van der Waals surface area (Å²) in [6.07, 6.45) is 2.03. The standard InChI is InChI=1S/C10H19N3O/c1-3-12(4-2-11-1)5-6-13-7-9-14-10-8-13/h1H,2-10H2. The van der Waals surface area contributed by atoms with Crippen molar-refractivity contribution in [2.45, 2.75) is 0 Å². The lowest BCUT2D eigenvalue weighted by atomic mass is 10.3. The van der Waals surface area contributed by atoms with Crippen molar-refractivity contribution in [3.63, 3.8) is 0 Å². The molecule has 0 radical (unpaired) electrons. The zero-order chi connectivity index (χ0) is 9.64. The van der Waals surface area contributed by atoms with Crippen LogP contribution in [0.4, 0.5) is 0 Å². The summed E-state index contributed by atoms with van der Waals surface area (Å²) in [5.74, 6) is 0. The van der Waals surface area contributed by atoms with Crippen LogP contribution >= 0.6 is 0 Å². The lowest BCUT2D eigenvalue weighted by molar-refractivity contribution is 0.0341. The molecule has 14 heavy (non-hydrogen) atoms.